The third kappa shape index (κ3) is 19.4. The Kier molecular flexibility index (Phi) is 13.0. The second-order valence-corrected chi connectivity index (χ2v) is 2.34. The molecule has 0 aliphatic carbocycles. The number of carboxylic acid groups (broad SMARTS) is 2. The second kappa shape index (κ2) is 12.9. The van der Waals surface area contributed by atoms with Crippen molar-refractivity contribution >= 4 is 18.5 Å². The molecule has 0 radical (unpaired) electrons. The maximum atomic E-state index is 10.2. The average molecular weight is 268 g/mol. The summed E-state index contributed by atoms with van der Waals surface area (Å²) in [6, 6.07) is 0. The summed E-state index contributed by atoms with van der Waals surface area (Å²) in [7, 11) is 0. The van der Waals surface area contributed by atoms with Crippen LogP contribution in [0.25, 0.3) is 0 Å². The van der Waals surface area contributed by atoms with Crippen molar-refractivity contribution in [3.63, 3.8) is 0 Å². The van der Waals surface area contributed by atoms with E-state index in [0.29, 0.717) is 13.2 Å². The summed E-state index contributed by atoms with van der Waals surface area (Å²) in [5, 5.41) is 15.7. The summed E-state index contributed by atoms with van der Waals surface area (Å²) in [5.74, 6) is 0. The van der Waals surface area contributed by atoms with Crippen LogP contribution in [0.15, 0.2) is 0 Å². The van der Waals surface area contributed by atoms with Crippen molar-refractivity contribution < 1.29 is 43.5 Å². The van der Waals surface area contributed by atoms with E-state index in [1.54, 1.807) is 13.8 Å². The highest BCUT2D eigenvalue weighted by atomic mass is 16.7. The number of carbonyl (C=O) groups excluding carboxylic acids is 1. The lowest BCUT2D eigenvalue weighted by Gasteiger charge is -1.98. The van der Waals surface area contributed by atoms with Gasteiger partial charge in [0, 0.05) is 0 Å². The van der Waals surface area contributed by atoms with Crippen LogP contribution in [0.5, 0.6) is 0 Å². The van der Waals surface area contributed by atoms with Crippen molar-refractivity contribution in [1.82, 2.24) is 0 Å². The quantitative estimate of drug-likeness (QED) is 0.433. The molecule has 0 aromatic rings. The Labute approximate surface area is 103 Å². The van der Waals surface area contributed by atoms with Gasteiger partial charge in [-0.05, 0) is 13.8 Å². The van der Waals surface area contributed by atoms with Gasteiger partial charge >= 0.3 is 18.5 Å². The molecule has 0 amide bonds. The van der Waals surface area contributed by atoms with Crippen LogP contribution in [0.1, 0.15) is 13.8 Å². The van der Waals surface area contributed by atoms with Crippen LogP contribution in [-0.2, 0) is 18.9 Å². The van der Waals surface area contributed by atoms with Gasteiger partial charge < -0.3 is 29.2 Å². The zero-order valence-electron chi connectivity index (χ0n) is 10.1. The van der Waals surface area contributed by atoms with Crippen LogP contribution in [0.4, 0.5) is 14.4 Å². The minimum absolute atomic E-state index is 0.276. The van der Waals surface area contributed by atoms with Crippen LogP contribution in [-0.4, -0.2) is 55.1 Å². The van der Waals surface area contributed by atoms with E-state index < -0.39 is 18.5 Å². The Morgan fingerprint density at radius 1 is 0.778 bits per heavy atom. The molecule has 0 unspecified atom stereocenters. The van der Waals surface area contributed by atoms with E-state index in [1.165, 1.54) is 0 Å². The molecule has 18 heavy (non-hydrogen) atoms. The highest BCUT2D eigenvalue weighted by Crippen LogP contribution is 1.82. The summed E-state index contributed by atoms with van der Waals surface area (Å²) in [6.07, 6.45) is -3.49. The van der Waals surface area contributed by atoms with Gasteiger partial charge in [0.15, 0.2) is 0 Å². The molecule has 9 nitrogen and oxygen atoms in total. The number of carbonyl (C=O) groups is 3. The lowest BCUT2D eigenvalue weighted by atomic mass is 10.8. The third-order valence-electron chi connectivity index (χ3n) is 1.06. The lowest BCUT2D eigenvalue weighted by Crippen LogP contribution is -2.10. The summed E-state index contributed by atoms with van der Waals surface area (Å²) in [5.41, 5.74) is 0. The smallest absolute Gasteiger partial charge is 0.450 e. The predicted molar refractivity (Wildman–Crippen MR) is 56.6 cm³/mol. The van der Waals surface area contributed by atoms with E-state index in [4.69, 9.17) is 10.2 Å². The van der Waals surface area contributed by atoms with E-state index in [1.807, 2.05) is 0 Å². The molecule has 9 heteroatoms. The van der Waals surface area contributed by atoms with Gasteiger partial charge in [-0.3, -0.25) is 0 Å². The van der Waals surface area contributed by atoms with E-state index in [2.05, 4.69) is 18.9 Å². The molecule has 0 aliphatic heterocycles. The van der Waals surface area contributed by atoms with Crippen molar-refractivity contribution in [3.05, 3.63) is 0 Å². The van der Waals surface area contributed by atoms with Gasteiger partial charge in [-0.25, -0.2) is 14.4 Å². The summed E-state index contributed by atoms with van der Waals surface area (Å²) >= 11 is 0. The van der Waals surface area contributed by atoms with Crippen LogP contribution in [0.2, 0.25) is 0 Å². The predicted octanol–water partition coefficient (Wildman–Crippen LogP) is 1.56. The van der Waals surface area contributed by atoms with E-state index in [9.17, 15) is 14.4 Å². The molecule has 106 valence electrons. The zero-order chi connectivity index (χ0) is 14.4. The van der Waals surface area contributed by atoms with Gasteiger partial charge in [0.25, 0.3) is 0 Å². The summed E-state index contributed by atoms with van der Waals surface area (Å²) < 4.78 is 16.7. The van der Waals surface area contributed by atoms with Crippen molar-refractivity contribution in [2.24, 2.45) is 0 Å². The normalized spacial score (nSPS) is 8.33. The molecule has 0 saturated heterocycles. The highest BCUT2D eigenvalue weighted by Gasteiger charge is 1.98. The van der Waals surface area contributed by atoms with Gasteiger partial charge in [-0.2, -0.15) is 0 Å². The fraction of sp³-hybridized carbons (Fsp3) is 0.667. The monoisotopic (exact) mass is 268 g/mol. The Morgan fingerprint density at radius 2 is 1.11 bits per heavy atom. The largest absolute Gasteiger partial charge is 0.508 e. The van der Waals surface area contributed by atoms with E-state index in [0.717, 1.165) is 0 Å². The third-order valence-corrected chi connectivity index (χ3v) is 1.06. The molecule has 0 aromatic heterocycles. The molecule has 0 heterocycles. The molecule has 2 N–H and O–H groups in total. The van der Waals surface area contributed by atoms with Crippen molar-refractivity contribution in [1.29, 1.82) is 0 Å². The molecule has 0 spiro atoms. The maximum Gasteiger partial charge on any atom is 0.508 e. The van der Waals surface area contributed by atoms with Gasteiger partial charge in [0.05, 0.1) is 13.2 Å². The first-order valence-electron chi connectivity index (χ1n) is 4.94. The molecular weight excluding hydrogens is 252 g/mol. The van der Waals surface area contributed by atoms with Crippen LogP contribution in [0.3, 0.4) is 0 Å². The van der Waals surface area contributed by atoms with Crippen molar-refractivity contribution in [3.8, 4) is 0 Å². The molecule has 0 fully saturated rings. The molecule has 0 bridgehead atoms. The Hall–Kier alpha value is -2.19. The minimum Gasteiger partial charge on any atom is -0.450 e. The first-order chi connectivity index (χ1) is 8.43. The Morgan fingerprint density at radius 3 is 1.33 bits per heavy atom. The van der Waals surface area contributed by atoms with Gasteiger partial charge in [0.1, 0.15) is 13.2 Å². The van der Waals surface area contributed by atoms with Crippen molar-refractivity contribution in [2.75, 3.05) is 26.4 Å². The lowest BCUT2D eigenvalue weighted by molar-refractivity contribution is 0.0472. The first kappa shape index (κ1) is 18.2. The molecule has 0 saturated carbocycles. The molecule has 0 atom stereocenters. The Balaban J connectivity index is 0. The molecular formula is C9H16O9. The van der Waals surface area contributed by atoms with Gasteiger partial charge in [-0.15, -0.1) is 0 Å². The average Bonchev–Trinajstić information content (AvgIpc) is 2.25. The minimum atomic E-state index is -1.45. The topological polar surface area (TPSA) is 129 Å². The van der Waals surface area contributed by atoms with Crippen molar-refractivity contribution in [2.45, 2.75) is 13.8 Å². The molecule has 0 rings (SSSR count). The van der Waals surface area contributed by atoms with Gasteiger partial charge in [0.2, 0.25) is 0 Å². The number of hydrogen-bond acceptors (Lipinski definition) is 7. The van der Waals surface area contributed by atoms with E-state index in [-0.39, 0.29) is 13.2 Å². The fourth-order valence-electron chi connectivity index (χ4n) is 0.535. The second-order valence-electron chi connectivity index (χ2n) is 2.34. The summed E-state index contributed by atoms with van der Waals surface area (Å²) in [6.45, 7) is 3.66. The maximum absolute atomic E-state index is 10.2. The fourth-order valence-corrected chi connectivity index (χ4v) is 0.535. The number of ether oxygens (including phenoxy) is 4. The van der Waals surface area contributed by atoms with Crippen LogP contribution < -0.4 is 0 Å². The first-order valence-corrected chi connectivity index (χ1v) is 4.94. The van der Waals surface area contributed by atoms with Crippen LogP contribution in [0, 0.1) is 0 Å². The number of rotatable bonds is 5. The molecule has 0 aromatic carbocycles. The van der Waals surface area contributed by atoms with Gasteiger partial charge in [-0.1, -0.05) is 0 Å². The Bertz CT molecular complexity index is 226. The van der Waals surface area contributed by atoms with E-state index >= 15 is 0 Å². The summed E-state index contributed by atoms with van der Waals surface area (Å²) in [4.78, 5) is 29.4. The number of hydrogen-bond donors (Lipinski definition) is 2. The van der Waals surface area contributed by atoms with Crippen LogP contribution >= 0.6 is 0 Å². The SMILES string of the molecule is CCOC(=O)OCC.O=C(O)OCCOC(=O)O. The molecule has 0 aliphatic rings. The standard InChI is InChI=1S/C5H10O3.C4H6O6/c1-3-7-5(6)8-4-2;5-3(6)9-1-2-10-4(7)8/h3-4H2,1-2H3;1-2H2,(H,5,6)(H,7,8). The zero-order valence-corrected chi connectivity index (χ0v) is 10.1. The highest BCUT2D eigenvalue weighted by molar-refractivity contribution is 5.59.